The lowest BCUT2D eigenvalue weighted by Gasteiger charge is -2.16. The molecule has 4 nitrogen and oxygen atoms in total. The Labute approximate surface area is 100 Å². The predicted molar refractivity (Wildman–Crippen MR) is 63.8 cm³/mol. The second kappa shape index (κ2) is 4.47. The van der Waals surface area contributed by atoms with Gasteiger partial charge >= 0.3 is 0 Å². The van der Waals surface area contributed by atoms with Gasteiger partial charge in [-0.25, -0.2) is 0 Å². The highest BCUT2D eigenvalue weighted by Crippen LogP contribution is 2.16. The lowest BCUT2D eigenvalue weighted by Crippen LogP contribution is -2.29. The molecule has 1 saturated heterocycles. The first-order chi connectivity index (χ1) is 7.99. The van der Waals surface area contributed by atoms with E-state index in [4.69, 9.17) is 0 Å². The minimum atomic E-state index is -0.828. The molecular formula is C13H17NO3. The summed E-state index contributed by atoms with van der Waals surface area (Å²) in [6.07, 6.45) is -1.66. The van der Waals surface area contributed by atoms with E-state index in [0.717, 1.165) is 11.1 Å². The molecule has 1 amide bonds. The molecule has 17 heavy (non-hydrogen) atoms. The summed E-state index contributed by atoms with van der Waals surface area (Å²) in [5.41, 5.74) is 2.81. The minimum Gasteiger partial charge on any atom is -0.388 e. The van der Waals surface area contributed by atoms with Gasteiger partial charge in [0, 0.05) is 18.7 Å². The Morgan fingerprint density at radius 3 is 2.29 bits per heavy atom. The zero-order valence-corrected chi connectivity index (χ0v) is 10.1. The van der Waals surface area contributed by atoms with Crippen LogP contribution in [-0.4, -0.2) is 46.3 Å². The zero-order valence-electron chi connectivity index (χ0n) is 10.1. The van der Waals surface area contributed by atoms with Gasteiger partial charge in [0.05, 0.1) is 12.2 Å². The second-order valence-electron chi connectivity index (χ2n) is 4.64. The number of aryl methyl sites for hydroxylation is 2. The van der Waals surface area contributed by atoms with Gasteiger partial charge in [-0.05, 0) is 37.1 Å². The van der Waals surface area contributed by atoms with Crippen molar-refractivity contribution in [3.8, 4) is 0 Å². The summed E-state index contributed by atoms with van der Waals surface area (Å²) in [6, 6.07) is 5.53. The molecule has 0 unspecified atom stereocenters. The van der Waals surface area contributed by atoms with Crippen molar-refractivity contribution in [3.63, 3.8) is 0 Å². The SMILES string of the molecule is Cc1ccc(C(=O)N2C[C@@H](O)[C@@H](O)C2)cc1C. The number of amides is 1. The summed E-state index contributed by atoms with van der Waals surface area (Å²) in [5.74, 6) is -0.135. The number of aliphatic hydroxyl groups is 2. The average molecular weight is 235 g/mol. The van der Waals surface area contributed by atoms with Crippen LogP contribution in [0.2, 0.25) is 0 Å². The molecule has 1 aromatic rings. The van der Waals surface area contributed by atoms with Gasteiger partial charge in [-0.3, -0.25) is 4.79 Å². The van der Waals surface area contributed by atoms with E-state index in [1.165, 1.54) is 4.90 Å². The van der Waals surface area contributed by atoms with Crippen molar-refractivity contribution in [2.75, 3.05) is 13.1 Å². The van der Waals surface area contributed by atoms with E-state index in [1.807, 2.05) is 26.0 Å². The molecule has 0 aliphatic carbocycles. The van der Waals surface area contributed by atoms with E-state index in [1.54, 1.807) is 6.07 Å². The van der Waals surface area contributed by atoms with Crippen molar-refractivity contribution < 1.29 is 15.0 Å². The fourth-order valence-corrected chi connectivity index (χ4v) is 1.99. The number of carbonyl (C=O) groups excluding carboxylic acids is 1. The quantitative estimate of drug-likeness (QED) is 0.744. The van der Waals surface area contributed by atoms with Crippen LogP contribution in [0.25, 0.3) is 0 Å². The van der Waals surface area contributed by atoms with Crippen LogP contribution in [0.4, 0.5) is 0 Å². The molecule has 0 aromatic heterocycles. The lowest BCUT2D eigenvalue weighted by molar-refractivity contribution is 0.0572. The Kier molecular flexibility index (Phi) is 3.17. The molecule has 92 valence electrons. The molecular weight excluding hydrogens is 218 g/mol. The van der Waals surface area contributed by atoms with Crippen molar-refractivity contribution in [2.24, 2.45) is 0 Å². The van der Waals surface area contributed by atoms with Crippen LogP contribution in [0.15, 0.2) is 18.2 Å². The molecule has 1 aliphatic heterocycles. The zero-order chi connectivity index (χ0) is 12.6. The first-order valence-electron chi connectivity index (χ1n) is 5.71. The number of β-amino-alcohol motifs (C(OH)–C–C–N with tert-alkyl or cyclic N) is 2. The van der Waals surface area contributed by atoms with Gasteiger partial charge in [-0.1, -0.05) is 6.07 Å². The van der Waals surface area contributed by atoms with Crippen molar-refractivity contribution in [2.45, 2.75) is 26.1 Å². The third-order valence-electron chi connectivity index (χ3n) is 3.30. The van der Waals surface area contributed by atoms with Crippen LogP contribution < -0.4 is 0 Å². The van der Waals surface area contributed by atoms with Crippen molar-refractivity contribution >= 4 is 5.91 Å². The van der Waals surface area contributed by atoms with E-state index >= 15 is 0 Å². The molecule has 2 N–H and O–H groups in total. The maximum absolute atomic E-state index is 12.1. The molecule has 0 bridgehead atoms. The van der Waals surface area contributed by atoms with E-state index in [-0.39, 0.29) is 19.0 Å². The molecule has 1 heterocycles. The molecule has 0 saturated carbocycles. The largest absolute Gasteiger partial charge is 0.388 e. The summed E-state index contributed by atoms with van der Waals surface area (Å²) in [5, 5.41) is 18.8. The molecule has 2 atom stereocenters. The summed E-state index contributed by atoms with van der Waals surface area (Å²) in [6.45, 7) is 4.35. The van der Waals surface area contributed by atoms with Crippen LogP contribution in [-0.2, 0) is 0 Å². The maximum Gasteiger partial charge on any atom is 0.254 e. The molecule has 2 rings (SSSR count). The van der Waals surface area contributed by atoms with Gasteiger partial charge < -0.3 is 15.1 Å². The maximum atomic E-state index is 12.1. The highest BCUT2D eigenvalue weighted by Gasteiger charge is 2.32. The monoisotopic (exact) mass is 235 g/mol. The number of hydrogen-bond donors (Lipinski definition) is 2. The number of rotatable bonds is 1. The summed E-state index contributed by atoms with van der Waals surface area (Å²) in [4.78, 5) is 13.6. The molecule has 1 aromatic carbocycles. The number of likely N-dealkylation sites (tertiary alicyclic amines) is 1. The lowest BCUT2D eigenvalue weighted by atomic mass is 10.1. The van der Waals surface area contributed by atoms with Gasteiger partial charge in [-0.15, -0.1) is 0 Å². The van der Waals surface area contributed by atoms with E-state index < -0.39 is 12.2 Å². The van der Waals surface area contributed by atoms with Gasteiger partial charge in [0.2, 0.25) is 0 Å². The average Bonchev–Trinajstić information content (AvgIpc) is 2.62. The van der Waals surface area contributed by atoms with E-state index in [9.17, 15) is 15.0 Å². The van der Waals surface area contributed by atoms with Crippen LogP contribution >= 0.6 is 0 Å². The van der Waals surface area contributed by atoms with Crippen LogP contribution in [0.5, 0.6) is 0 Å². The smallest absolute Gasteiger partial charge is 0.254 e. The number of carbonyl (C=O) groups is 1. The number of benzene rings is 1. The first kappa shape index (κ1) is 12.1. The Morgan fingerprint density at radius 1 is 1.18 bits per heavy atom. The molecule has 0 radical (unpaired) electrons. The standard InChI is InChI=1S/C13H17NO3/c1-8-3-4-10(5-9(8)2)13(17)14-6-11(15)12(16)7-14/h3-5,11-12,15-16H,6-7H2,1-2H3/t11-,12+. The second-order valence-corrected chi connectivity index (χ2v) is 4.64. The Bertz CT molecular complexity index is 434. The fraction of sp³-hybridized carbons (Fsp3) is 0.462. The normalized spacial score (nSPS) is 24.1. The van der Waals surface area contributed by atoms with Crippen LogP contribution in [0.3, 0.4) is 0 Å². The van der Waals surface area contributed by atoms with E-state index in [0.29, 0.717) is 5.56 Å². The van der Waals surface area contributed by atoms with Crippen LogP contribution in [0, 0.1) is 13.8 Å². The van der Waals surface area contributed by atoms with Crippen molar-refractivity contribution in [1.29, 1.82) is 0 Å². The summed E-state index contributed by atoms with van der Waals surface area (Å²) in [7, 11) is 0. The predicted octanol–water partition coefficient (Wildman–Crippen LogP) is 0.481. The van der Waals surface area contributed by atoms with Gasteiger partial charge in [-0.2, -0.15) is 0 Å². The third kappa shape index (κ3) is 2.33. The van der Waals surface area contributed by atoms with Gasteiger partial charge in [0.1, 0.15) is 0 Å². The van der Waals surface area contributed by atoms with Gasteiger partial charge in [0.15, 0.2) is 0 Å². The highest BCUT2D eigenvalue weighted by molar-refractivity contribution is 5.94. The summed E-state index contributed by atoms with van der Waals surface area (Å²) < 4.78 is 0. The number of hydrogen-bond acceptors (Lipinski definition) is 3. The highest BCUT2D eigenvalue weighted by atomic mass is 16.3. The fourth-order valence-electron chi connectivity index (χ4n) is 1.99. The third-order valence-corrected chi connectivity index (χ3v) is 3.30. The van der Waals surface area contributed by atoms with Crippen LogP contribution in [0.1, 0.15) is 21.5 Å². The summed E-state index contributed by atoms with van der Waals surface area (Å²) >= 11 is 0. The Hall–Kier alpha value is -1.39. The molecule has 1 fully saturated rings. The topological polar surface area (TPSA) is 60.8 Å². The van der Waals surface area contributed by atoms with Crippen molar-refractivity contribution in [1.82, 2.24) is 4.90 Å². The minimum absolute atomic E-state index is 0.135. The number of nitrogens with zero attached hydrogens (tertiary/aromatic N) is 1. The van der Waals surface area contributed by atoms with E-state index in [2.05, 4.69) is 0 Å². The number of aliphatic hydroxyl groups excluding tert-OH is 2. The Morgan fingerprint density at radius 2 is 1.76 bits per heavy atom. The molecule has 4 heteroatoms. The molecule has 1 aliphatic rings. The van der Waals surface area contributed by atoms with Gasteiger partial charge in [0.25, 0.3) is 5.91 Å². The first-order valence-corrected chi connectivity index (χ1v) is 5.71. The van der Waals surface area contributed by atoms with Crippen molar-refractivity contribution in [3.05, 3.63) is 34.9 Å². The Balaban J connectivity index is 2.17. The molecule has 0 spiro atoms.